The zero-order valence-corrected chi connectivity index (χ0v) is 9.86. The summed E-state index contributed by atoms with van der Waals surface area (Å²) >= 11 is 0. The van der Waals surface area contributed by atoms with E-state index in [1.54, 1.807) is 6.07 Å². The smallest absolute Gasteiger partial charge is 0.270 e. The predicted octanol–water partition coefficient (Wildman–Crippen LogP) is 1.25. The standard InChI is InChI=1S/C12H19N3O/c1-3-5-10(8-13)15-12(16)11-7-4-6-9(2)14-11/h4,6-7,10H,3,5,8,13H2,1-2H3,(H,15,16). The molecule has 0 fully saturated rings. The average molecular weight is 221 g/mol. The van der Waals surface area contributed by atoms with Gasteiger partial charge in [0.25, 0.3) is 5.91 Å². The number of nitrogens with one attached hydrogen (secondary N) is 1. The number of nitrogens with two attached hydrogens (primary N) is 1. The van der Waals surface area contributed by atoms with Crippen molar-refractivity contribution in [2.75, 3.05) is 6.54 Å². The van der Waals surface area contributed by atoms with Gasteiger partial charge >= 0.3 is 0 Å². The summed E-state index contributed by atoms with van der Waals surface area (Å²) in [4.78, 5) is 16.0. The predicted molar refractivity (Wildman–Crippen MR) is 64.2 cm³/mol. The van der Waals surface area contributed by atoms with Gasteiger partial charge in [-0.3, -0.25) is 4.79 Å². The number of amides is 1. The SMILES string of the molecule is CCCC(CN)NC(=O)c1cccc(C)n1. The molecule has 0 aliphatic heterocycles. The molecule has 1 unspecified atom stereocenters. The summed E-state index contributed by atoms with van der Waals surface area (Å²) in [5, 5.41) is 2.88. The Morgan fingerprint density at radius 2 is 2.31 bits per heavy atom. The highest BCUT2D eigenvalue weighted by atomic mass is 16.1. The molecule has 0 aliphatic rings. The molecule has 0 saturated carbocycles. The summed E-state index contributed by atoms with van der Waals surface area (Å²) in [5.41, 5.74) is 6.87. The minimum atomic E-state index is -0.146. The molecule has 1 aromatic rings. The first-order chi connectivity index (χ1) is 7.67. The van der Waals surface area contributed by atoms with E-state index in [0.29, 0.717) is 12.2 Å². The molecule has 0 saturated heterocycles. The fourth-order valence-corrected chi connectivity index (χ4v) is 1.53. The van der Waals surface area contributed by atoms with Crippen LogP contribution in [0.3, 0.4) is 0 Å². The summed E-state index contributed by atoms with van der Waals surface area (Å²) in [7, 11) is 0. The van der Waals surface area contributed by atoms with Gasteiger partial charge in [-0.05, 0) is 25.5 Å². The Bertz CT molecular complexity index is 352. The number of carbonyl (C=O) groups is 1. The van der Waals surface area contributed by atoms with Crippen LogP contribution in [0.1, 0.15) is 35.9 Å². The average Bonchev–Trinajstić information content (AvgIpc) is 2.28. The van der Waals surface area contributed by atoms with Gasteiger partial charge in [0, 0.05) is 18.3 Å². The Morgan fingerprint density at radius 1 is 1.56 bits per heavy atom. The maximum absolute atomic E-state index is 11.8. The van der Waals surface area contributed by atoms with E-state index in [4.69, 9.17) is 5.73 Å². The van der Waals surface area contributed by atoms with Crippen molar-refractivity contribution < 1.29 is 4.79 Å². The van der Waals surface area contributed by atoms with Crippen molar-refractivity contribution in [1.82, 2.24) is 10.3 Å². The number of hydrogen-bond acceptors (Lipinski definition) is 3. The van der Waals surface area contributed by atoms with Crippen molar-refractivity contribution in [2.24, 2.45) is 5.73 Å². The first-order valence-electron chi connectivity index (χ1n) is 5.62. The second-order valence-electron chi connectivity index (χ2n) is 3.86. The van der Waals surface area contributed by atoms with Crippen molar-refractivity contribution >= 4 is 5.91 Å². The lowest BCUT2D eigenvalue weighted by atomic mass is 10.1. The molecule has 4 heteroatoms. The molecule has 0 bridgehead atoms. The molecule has 0 radical (unpaired) electrons. The lowest BCUT2D eigenvalue weighted by Gasteiger charge is -2.15. The maximum Gasteiger partial charge on any atom is 0.270 e. The van der Waals surface area contributed by atoms with Gasteiger partial charge in [-0.25, -0.2) is 4.98 Å². The zero-order valence-electron chi connectivity index (χ0n) is 9.86. The van der Waals surface area contributed by atoms with Crippen molar-refractivity contribution in [3.63, 3.8) is 0 Å². The van der Waals surface area contributed by atoms with Crippen LogP contribution in [-0.4, -0.2) is 23.5 Å². The fraction of sp³-hybridized carbons (Fsp3) is 0.500. The summed E-state index contributed by atoms with van der Waals surface area (Å²) < 4.78 is 0. The van der Waals surface area contributed by atoms with Gasteiger partial charge in [0.05, 0.1) is 0 Å². The number of rotatable bonds is 5. The van der Waals surface area contributed by atoms with Crippen molar-refractivity contribution in [3.8, 4) is 0 Å². The second kappa shape index (κ2) is 6.23. The molecule has 1 atom stereocenters. The van der Waals surface area contributed by atoms with Crippen LogP contribution in [0.5, 0.6) is 0 Å². The third-order valence-electron chi connectivity index (χ3n) is 2.38. The van der Waals surface area contributed by atoms with Crippen molar-refractivity contribution in [1.29, 1.82) is 0 Å². The Labute approximate surface area is 96.3 Å². The lowest BCUT2D eigenvalue weighted by molar-refractivity contribution is 0.0931. The highest BCUT2D eigenvalue weighted by Crippen LogP contribution is 2.00. The summed E-state index contributed by atoms with van der Waals surface area (Å²) in [6.45, 7) is 4.40. The zero-order chi connectivity index (χ0) is 12.0. The second-order valence-corrected chi connectivity index (χ2v) is 3.86. The Kier molecular flexibility index (Phi) is 4.92. The third-order valence-corrected chi connectivity index (χ3v) is 2.38. The van der Waals surface area contributed by atoms with Gasteiger partial charge in [0.1, 0.15) is 5.69 Å². The van der Waals surface area contributed by atoms with Gasteiger partial charge in [-0.2, -0.15) is 0 Å². The molecular formula is C12H19N3O. The quantitative estimate of drug-likeness (QED) is 0.786. The van der Waals surface area contributed by atoms with E-state index in [0.717, 1.165) is 18.5 Å². The molecule has 88 valence electrons. The van der Waals surface area contributed by atoms with Crippen LogP contribution in [0.15, 0.2) is 18.2 Å². The van der Waals surface area contributed by atoms with Gasteiger partial charge in [-0.15, -0.1) is 0 Å². The third kappa shape index (κ3) is 3.62. The molecule has 4 nitrogen and oxygen atoms in total. The summed E-state index contributed by atoms with van der Waals surface area (Å²) in [6, 6.07) is 5.44. The molecule has 16 heavy (non-hydrogen) atoms. The van der Waals surface area contributed by atoms with E-state index in [-0.39, 0.29) is 11.9 Å². The number of nitrogens with zero attached hydrogens (tertiary/aromatic N) is 1. The van der Waals surface area contributed by atoms with Crippen LogP contribution in [0.25, 0.3) is 0 Å². The van der Waals surface area contributed by atoms with E-state index < -0.39 is 0 Å². The summed E-state index contributed by atoms with van der Waals surface area (Å²) in [5.74, 6) is -0.146. The normalized spacial score (nSPS) is 12.2. The monoisotopic (exact) mass is 221 g/mol. The van der Waals surface area contributed by atoms with E-state index >= 15 is 0 Å². The minimum Gasteiger partial charge on any atom is -0.347 e. The van der Waals surface area contributed by atoms with Crippen LogP contribution >= 0.6 is 0 Å². The van der Waals surface area contributed by atoms with E-state index in [1.165, 1.54) is 0 Å². The Hall–Kier alpha value is -1.42. The van der Waals surface area contributed by atoms with Crippen LogP contribution < -0.4 is 11.1 Å². The fourth-order valence-electron chi connectivity index (χ4n) is 1.53. The summed E-state index contributed by atoms with van der Waals surface area (Å²) in [6.07, 6.45) is 1.90. The van der Waals surface area contributed by atoms with Crippen LogP contribution in [0.4, 0.5) is 0 Å². The molecule has 0 aromatic carbocycles. The van der Waals surface area contributed by atoms with Gasteiger partial charge in [0.15, 0.2) is 0 Å². The van der Waals surface area contributed by atoms with E-state index in [2.05, 4.69) is 17.2 Å². The highest BCUT2D eigenvalue weighted by molar-refractivity contribution is 5.92. The molecule has 0 aliphatic carbocycles. The van der Waals surface area contributed by atoms with Crippen LogP contribution in [0.2, 0.25) is 0 Å². The molecule has 3 N–H and O–H groups in total. The van der Waals surface area contributed by atoms with Gasteiger partial charge in [0.2, 0.25) is 0 Å². The van der Waals surface area contributed by atoms with Crippen molar-refractivity contribution in [2.45, 2.75) is 32.7 Å². The molecule has 0 spiro atoms. The topological polar surface area (TPSA) is 68.0 Å². The van der Waals surface area contributed by atoms with E-state index in [1.807, 2.05) is 19.1 Å². The number of pyridine rings is 1. The number of carbonyl (C=O) groups excluding carboxylic acids is 1. The van der Waals surface area contributed by atoms with Crippen LogP contribution in [0, 0.1) is 6.92 Å². The van der Waals surface area contributed by atoms with E-state index in [9.17, 15) is 4.79 Å². The van der Waals surface area contributed by atoms with Crippen LogP contribution in [-0.2, 0) is 0 Å². The highest BCUT2D eigenvalue weighted by Gasteiger charge is 2.12. The number of hydrogen-bond donors (Lipinski definition) is 2. The minimum absolute atomic E-state index is 0.0415. The first kappa shape index (κ1) is 12.6. The molecular weight excluding hydrogens is 202 g/mol. The molecule has 1 amide bonds. The Balaban J connectivity index is 2.64. The molecule has 1 aromatic heterocycles. The van der Waals surface area contributed by atoms with Gasteiger partial charge in [-0.1, -0.05) is 19.4 Å². The molecule has 1 heterocycles. The number of aryl methyl sites for hydroxylation is 1. The largest absolute Gasteiger partial charge is 0.347 e. The van der Waals surface area contributed by atoms with Crippen molar-refractivity contribution in [3.05, 3.63) is 29.6 Å². The lowest BCUT2D eigenvalue weighted by Crippen LogP contribution is -2.40. The Morgan fingerprint density at radius 3 is 2.88 bits per heavy atom. The maximum atomic E-state index is 11.8. The molecule has 1 rings (SSSR count). The first-order valence-corrected chi connectivity index (χ1v) is 5.62. The number of aromatic nitrogens is 1. The van der Waals surface area contributed by atoms with Gasteiger partial charge < -0.3 is 11.1 Å².